The van der Waals surface area contributed by atoms with E-state index < -0.39 is 42.6 Å². The van der Waals surface area contributed by atoms with Crippen molar-refractivity contribution in [2.75, 3.05) is 0 Å². The molecule has 0 bridgehead atoms. The largest absolute Gasteiger partial charge is 0.463 e. The number of halogens is 8. The second-order valence-electron chi connectivity index (χ2n) is 4.65. The Balaban J connectivity index is 2.67. The van der Waals surface area contributed by atoms with E-state index in [1.807, 2.05) is 0 Å². The fourth-order valence-corrected chi connectivity index (χ4v) is 2.02. The summed E-state index contributed by atoms with van der Waals surface area (Å²) < 4.78 is 98.3. The summed E-state index contributed by atoms with van der Waals surface area (Å²) in [7, 11) is 0. The first-order valence-electron chi connectivity index (χ1n) is 5.68. The molecule has 0 spiro atoms. The Morgan fingerprint density at radius 1 is 0.950 bits per heavy atom. The first kappa shape index (κ1) is 17.0. The van der Waals surface area contributed by atoms with Crippen molar-refractivity contribution in [2.45, 2.75) is 50.0 Å². The Kier molecular flexibility index (Phi) is 4.55. The molecule has 20 heavy (non-hydrogen) atoms. The third-order valence-electron chi connectivity index (χ3n) is 3.11. The van der Waals surface area contributed by atoms with Gasteiger partial charge in [-0.2, -0.15) is 35.1 Å². The van der Waals surface area contributed by atoms with Gasteiger partial charge in [-0.3, -0.25) is 4.79 Å². The highest BCUT2D eigenvalue weighted by molar-refractivity contribution is 5.84. The average Bonchev–Trinajstić information content (AvgIpc) is 2.26. The summed E-state index contributed by atoms with van der Waals surface area (Å²) in [5, 5.41) is 1.36. The van der Waals surface area contributed by atoms with Gasteiger partial charge in [-0.25, -0.2) is 0 Å². The van der Waals surface area contributed by atoms with E-state index >= 15 is 0 Å². The molecular weight excluding hydrogens is 302 g/mol. The summed E-state index contributed by atoms with van der Waals surface area (Å²) in [6.45, 7) is 0. The molecule has 2 atom stereocenters. The lowest BCUT2D eigenvalue weighted by molar-refractivity contribution is -0.270. The lowest BCUT2D eigenvalue weighted by Crippen LogP contribution is -2.54. The molecule has 1 amide bonds. The van der Waals surface area contributed by atoms with E-state index in [1.54, 1.807) is 0 Å². The van der Waals surface area contributed by atoms with Crippen LogP contribution in [0.5, 0.6) is 0 Å². The van der Waals surface area contributed by atoms with Crippen LogP contribution in [-0.4, -0.2) is 30.2 Å². The number of nitrogens with one attached hydrogen (secondary N) is 1. The maximum Gasteiger partial charge on any atom is 0.463 e. The van der Waals surface area contributed by atoms with Crippen molar-refractivity contribution < 1.29 is 39.9 Å². The number of amides is 1. The lowest BCUT2D eigenvalue weighted by Gasteiger charge is -2.32. The molecule has 0 aromatic heterocycles. The van der Waals surface area contributed by atoms with E-state index in [0.29, 0.717) is 0 Å². The summed E-state index contributed by atoms with van der Waals surface area (Å²) in [5.74, 6) is -10.0. The zero-order valence-corrected chi connectivity index (χ0v) is 9.92. The molecule has 0 saturated heterocycles. The van der Waals surface area contributed by atoms with E-state index in [9.17, 15) is 39.9 Å². The average molecular weight is 313 g/mol. The van der Waals surface area contributed by atoms with Crippen LogP contribution in [0.15, 0.2) is 0 Å². The zero-order chi connectivity index (χ0) is 15.8. The summed E-state index contributed by atoms with van der Waals surface area (Å²) in [5.41, 5.74) is 0. The van der Waals surface area contributed by atoms with Gasteiger partial charge in [0.05, 0.1) is 5.92 Å². The Morgan fingerprint density at radius 2 is 1.50 bits per heavy atom. The van der Waals surface area contributed by atoms with Crippen molar-refractivity contribution in [3.8, 4) is 0 Å². The van der Waals surface area contributed by atoms with Crippen LogP contribution in [0, 0.1) is 5.92 Å². The fraction of sp³-hybridized carbons (Fsp3) is 0.900. The van der Waals surface area contributed by atoms with Gasteiger partial charge in [0.2, 0.25) is 0 Å². The Bertz CT molecular complexity index is 361. The number of alkyl halides is 8. The van der Waals surface area contributed by atoms with E-state index in [1.165, 1.54) is 5.32 Å². The molecule has 118 valence electrons. The third kappa shape index (κ3) is 3.72. The van der Waals surface area contributed by atoms with Crippen LogP contribution in [0.25, 0.3) is 0 Å². The molecule has 1 aliphatic carbocycles. The Labute approximate surface area is 108 Å². The summed E-state index contributed by atoms with van der Waals surface area (Å²) >= 11 is 0. The number of hydrogen-bond donors (Lipinski definition) is 1. The van der Waals surface area contributed by atoms with Gasteiger partial charge in [-0.05, 0) is 19.3 Å². The van der Waals surface area contributed by atoms with E-state index in [4.69, 9.17) is 0 Å². The molecular formula is C10H11F8NO. The van der Waals surface area contributed by atoms with Crippen LogP contribution in [-0.2, 0) is 4.79 Å². The predicted molar refractivity (Wildman–Crippen MR) is 50.9 cm³/mol. The first-order chi connectivity index (χ1) is 8.85. The highest BCUT2D eigenvalue weighted by atomic mass is 19.4. The van der Waals surface area contributed by atoms with Crippen LogP contribution in [0.1, 0.15) is 25.7 Å². The summed E-state index contributed by atoms with van der Waals surface area (Å²) in [4.78, 5) is 10.9. The minimum Gasteiger partial charge on any atom is -0.348 e. The molecule has 10 heteroatoms. The molecule has 0 aromatic carbocycles. The minimum absolute atomic E-state index is 0.00723. The van der Waals surface area contributed by atoms with Gasteiger partial charge in [0.15, 0.2) is 0 Å². The summed E-state index contributed by atoms with van der Waals surface area (Å²) in [6, 6.07) is -1.34. The van der Waals surface area contributed by atoms with Crippen LogP contribution in [0.4, 0.5) is 35.1 Å². The molecule has 1 saturated carbocycles. The number of carbonyl (C=O) groups is 1. The standard InChI is InChI=1S/C10H11F8NO/c11-8(12,10(16,17)18)7(20)19-6-3-1-2-5(4-6)9(13,14)15/h5-6H,1-4H2,(H,19,20). The highest BCUT2D eigenvalue weighted by Crippen LogP contribution is 2.39. The maximum atomic E-state index is 12.7. The van der Waals surface area contributed by atoms with Crippen LogP contribution >= 0.6 is 0 Å². The molecule has 0 radical (unpaired) electrons. The van der Waals surface area contributed by atoms with Crippen LogP contribution in [0.3, 0.4) is 0 Å². The van der Waals surface area contributed by atoms with Gasteiger partial charge >= 0.3 is 24.2 Å². The first-order valence-corrected chi connectivity index (χ1v) is 5.68. The third-order valence-corrected chi connectivity index (χ3v) is 3.11. The van der Waals surface area contributed by atoms with E-state index in [0.717, 1.165) is 0 Å². The second-order valence-corrected chi connectivity index (χ2v) is 4.65. The topological polar surface area (TPSA) is 29.1 Å². The molecule has 1 rings (SSSR count). The quantitative estimate of drug-likeness (QED) is 0.778. The normalized spacial score (nSPS) is 25.4. The van der Waals surface area contributed by atoms with Crippen molar-refractivity contribution in [3.63, 3.8) is 0 Å². The Hall–Kier alpha value is -1.09. The molecule has 0 aromatic rings. The molecule has 1 aliphatic rings. The van der Waals surface area contributed by atoms with E-state index in [2.05, 4.69) is 0 Å². The van der Waals surface area contributed by atoms with Crippen molar-refractivity contribution in [1.29, 1.82) is 0 Å². The van der Waals surface area contributed by atoms with Crippen LogP contribution < -0.4 is 5.32 Å². The molecule has 1 fully saturated rings. The lowest BCUT2D eigenvalue weighted by atomic mass is 9.85. The summed E-state index contributed by atoms with van der Waals surface area (Å²) in [6.07, 6.45) is -11.6. The number of carbonyl (C=O) groups excluding carboxylic acids is 1. The minimum atomic E-state index is -6.07. The van der Waals surface area contributed by atoms with Crippen molar-refractivity contribution >= 4 is 5.91 Å². The van der Waals surface area contributed by atoms with E-state index in [-0.39, 0.29) is 19.3 Å². The Morgan fingerprint density at radius 3 is 1.95 bits per heavy atom. The van der Waals surface area contributed by atoms with Gasteiger partial charge < -0.3 is 5.32 Å². The van der Waals surface area contributed by atoms with Crippen molar-refractivity contribution in [3.05, 3.63) is 0 Å². The number of rotatable bonds is 2. The van der Waals surface area contributed by atoms with Gasteiger partial charge in [0.1, 0.15) is 0 Å². The highest BCUT2D eigenvalue weighted by Gasteiger charge is 2.63. The zero-order valence-electron chi connectivity index (χ0n) is 9.92. The maximum absolute atomic E-state index is 12.7. The molecule has 2 unspecified atom stereocenters. The smallest absolute Gasteiger partial charge is 0.348 e. The van der Waals surface area contributed by atoms with Crippen molar-refractivity contribution in [1.82, 2.24) is 5.32 Å². The molecule has 0 heterocycles. The SMILES string of the molecule is O=C(NC1CCCC(C(F)(F)F)C1)C(F)(F)C(F)(F)F. The second kappa shape index (κ2) is 5.36. The van der Waals surface area contributed by atoms with Gasteiger partial charge in [-0.1, -0.05) is 6.42 Å². The number of hydrogen-bond acceptors (Lipinski definition) is 1. The van der Waals surface area contributed by atoms with Gasteiger partial charge in [0.25, 0.3) is 0 Å². The molecule has 1 N–H and O–H groups in total. The van der Waals surface area contributed by atoms with Gasteiger partial charge in [0, 0.05) is 6.04 Å². The fourth-order valence-electron chi connectivity index (χ4n) is 2.02. The van der Waals surface area contributed by atoms with Gasteiger partial charge in [-0.15, -0.1) is 0 Å². The molecule has 0 aliphatic heterocycles. The monoisotopic (exact) mass is 313 g/mol. The predicted octanol–water partition coefficient (Wildman–Crippen LogP) is 3.42. The van der Waals surface area contributed by atoms with Crippen LogP contribution in [0.2, 0.25) is 0 Å². The molecule has 2 nitrogen and oxygen atoms in total. The van der Waals surface area contributed by atoms with Crippen molar-refractivity contribution in [2.24, 2.45) is 5.92 Å².